The van der Waals surface area contributed by atoms with Crippen molar-refractivity contribution in [2.75, 3.05) is 6.54 Å². The Morgan fingerprint density at radius 1 is 1.47 bits per heavy atom. The molecule has 88 valence electrons. The molecule has 0 spiro atoms. The summed E-state index contributed by atoms with van der Waals surface area (Å²) in [6.45, 7) is 0.805. The molecule has 0 bridgehead atoms. The van der Waals surface area contributed by atoms with Crippen LogP contribution in [0.3, 0.4) is 0 Å². The quantitative estimate of drug-likeness (QED) is 0.846. The zero-order valence-corrected chi connectivity index (χ0v) is 9.57. The van der Waals surface area contributed by atoms with E-state index in [1.54, 1.807) is 6.33 Å². The van der Waals surface area contributed by atoms with Gasteiger partial charge in [-0.2, -0.15) is 0 Å². The predicted octanol–water partition coefficient (Wildman–Crippen LogP) is 2.09. The highest BCUT2D eigenvalue weighted by Crippen LogP contribution is 2.25. The van der Waals surface area contributed by atoms with Crippen LogP contribution in [0.4, 0.5) is 0 Å². The maximum atomic E-state index is 11.9. The average Bonchev–Trinajstić information content (AvgIpc) is 2.73. The van der Waals surface area contributed by atoms with Crippen molar-refractivity contribution in [2.24, 2.45) is 5.92 Å². The van der Waals surface area contributed by atoms with E-state index < -0.39 is 0 Å². The first-order valence-electron chi connectivity index (χ1n) is 6.04. The number of imidazole rings is 1. The van der Waals surface area contributed by atoms with E-state index in [9.17, 15) is 4.79 Å². The molecule has 1 aromatic carbocycles. The van der Waals surface area contributed by atoms with Crippen molar-refractivity contribution in [3.63, 3.8) is 0 Å². The normalized spacial score (nSPS) is 15.8. The van der Waals surface area contributed by atoms with Gasteiger partial charge in [-0.15, -0.1) is 0 Å². The van der Waals surface area contributed by atoms with Crippen LogP contribution in [0.15, 0.2) is 24.5 Å². The second kappa shape index (κ2) is 4.20. The Kier molecular flexibility index (Phi) is 2.55. The second-order valence-electron chi connectivity index (χ2n) is 4.64. The number of aromatic amines is 1. The largest absolute Gasteiger partial charge is 0.352 e. The molecule has 1 saturated carbocycles. The van der Waals surface area contributed by atoms with Gasteiger partial charge in [-0.25, -0.2) is 4.98 Å². The van der Waals surface area contributed by atoms with Gasteiger partial charge in [0.2, 0.25) is 0 Å². The molecule has 0 aliphatic heterocycles. The summed E-state index contributed by atoms with van der Waals surface area (Å²) in [6.07, 6.45) is 5.45. The summed E-state index contributed by atoms with van der Waals surface area (Å²) < 4.78 is 0. The molecule has 2 N–H and O–H groups in total. The minimum Gasteiger partial charge on any atom is -0.352 e. The molecule has 17 heavy (non-hydrogen) atoms. The molecule has 3 rings (SSSR count). The Morgan fingerprint density at radius 2 is 2.35 bits per heavy atom. The number of amides is 1. The van der Waals surface area contributed by atoms with E-state index in [2.05, 4.69) is 15.3 Å². The molecule has 1 heterocycles. The molecule has 0 unspecified atom stereocenters. The maximum absolute atomic E-state index is 11.9. The fraction of sp³-hybridized carbons (Fsp3) is 0.385. The highest BCUT2D eigenvalue weighted by molar-refractivity contribution is 5.97. The molecule has 1 amide bonds. The average molecular weight is 229 g/mol. The summed E-state index contributed by atoms with van der Waals surface area (Å²) in [5.74, 6) is 0.697. The summed E-state index contributed by atoms with van der Waals surface area (Å²) in [5.41, 5.74) is 2.49. The zero-order valence-electron chi connectivity index (χ0n) is 9.57. The smallest absolute Gasteiger partial charge is 0.251 e. The van der Waals surface area contributed by atoms with Crippen molar-refractivity contribution in [1.82, 2.24) is 15.3 Å². The number of nitrogens with one attached hydrogen (secondary N) is 2. The number of rotatable bonds is 3. The van der Waals surface area contributed by atoms with Crippen molar-refractivity contribution in [1.29, 1.82) is 0 Å². The fourth-order valence-electron chi connectivity index (χ4n) is 2.11. The topological polar surface area (TPSA) is 57.8 Å². The van der Waals surface area contributed by atoms with Crippen LogP contribution in [-0.2, 0) is 0 Å². The van der Waals surface area contributed by atoms with Gasteiger partial charge in [-0.3, -0.25) is 4.79 Å². The minimum atomic E-state index is 0.00778. The molecule has 4 nitrogen and oxygen atoms in total. The third-order valence-electron chi connectivity index (χ3n) is 3.46. The van der Waals surface area contributed by atoms with Crippen LogP contribution in [0.2, 0.25) is 0 Å². The lowest BCUT2D eigenvalue weighted by atomic mass is 9.85. The van der Waals surface area contributed by atoms with E-state index in [-0.39, 0.29) is 5.91 Å². The molecule has 4 heteroatoms. The van der Waals surface area contributed by atoms with Crippen LogP contribution in [0.5, 0.6) is 0 Å². The minimum absolute atomic E-state index is 0.00778. The van der Waals surface area contributed by atoms with Gasteiger partial charge >= 0.3 is 0 Å². The van der Waals surface area contributed by atoms with Crippen LogP contribution >= 0.6 is 0 Å². The lowest BCUT2D eigenvalue weighted by Gasteiger charge is -2.25. The molecular weight excluding hydrogens is 214 g/mol. The van der Waals surface area contributed by atoms with Crippen LogP contribution in [0.1, 0.15) is 29.6 Å². The molecular formula is C13H15N3O. The molecule has 0 saturated heterocycles. The van der Waals surface area contributed by atoms with Gasteiger partial charge in [0.15, 0.2) is 0 Å². The molecule has 1 aliphatic carbocycles. The highest BCUT2D eigenvalue weighted by Gasteiger charge is 2.18. The Labute approximate surface area is 99.4 Å². The molecule has 2 aromatic rings. The SMILES string of the molecule is O=C(NCC1CCC1)c1ccc2nc[nH]c2c1. The zero-order chi connectivity index (χ0) is 11.7. The number of fused-ring (bicyclic) bond motifs is 1. The van der Waals surface area contributed by atoms with Gasteiger partial charge in [0.05, 0.1) is 17.4 Å². The third kappa shape index (κ3) is 2.02. The van der Waals surface area contributed by atoms with Crippen LogP contribution in [0.25, 0.3) is 11.0 Å². The summed E-state index contributed by atoms with van der Waals surface area (Å²) in [4.78, 5) is 19.0. The van der Waals surface area contributed by atoms with E-state index in [1.807, 2.05) is 18.2 Å². The number of carbonyl (C=O) groups excluding carboxylic acids is 1. The first kappa shape index (κ1) is 10.3. The van der Waals surface area contributed by atoms with Gasteiger partial charge in [0.25, 0.3) is 5.91 Å². The van der Waals surface area contributed by atoms with Gasteiger partial charge in [-0.1, -0.05) is 6.42 Å². The van der Waals surface area contributed by atoms with Crippen LogP contribution < -0.4 is 5.32 Å². The fourth-order valence-corrected chi connectivity index (χ4v) is 2.11. The number of hydrogen-bond acceptors (Lipinski definition) is 2. The van der Waals surface area contributed by atoms with Crippen molar-refractivity contribution in [2.45, 2.75) is 19.3 Å². The van der Waals surface area contributed by atoms with Gasteiger partial charge in [0, 0.05) is 12.1 Å². The van der Waals surface area contributed by atoms with Crippen molar-refractivity contribution < 1.29 is 4.79 Å². The Bertz CT molecular complexity index is 542. The van der Waals surface area contributed by atoms with E-state index in [0.29, 0.717) is 11.5 Å². The lowest BCUT2D eigenvalue weighted by molar-refractivity contribution is 0.0939. The molecule has 0 atom stereocenters. The van der Waals surface area contributed by atoms with E-state index in [1.165, 1.54) is 19.3 Å². The molecule has 1 aromatic heterocycles. The van der Waals surface area contributed by atoms with Crippen LogP contribution in [-0.4, -0.2) is 22.4 Å². The molecule has 1 aliphatic rings. The molecule has 0 radical (unpaired) electrons. The van der Waals surface area contributed by atoms with Gasteiger partial charge < -0.3 is 10.3 Å². The van der Waals surface area contributed by atoms with E-state index >= 15 is 0 Å². The second-order valence-corrected chi connectivity index (χ2v) is 4.64. The summed E-state index contributed by atoms with van der Waals surface area (Å²) >= 11 is 0. The Hall–Kier alpha value is -1.84. The number of carbonyl (C=O) groups is 1. The lowest BCUT2D eigenvalue weighted by Crippen LogP contribution is -2.32. The number of H-pyrrole nitrogens is 1. The van der Waals surface area contributed by atoms with E-state index in [4.69, 9.17) is 0 Å². The molecule has 1 fully saturated rings. The van der Waals surface area contributed by atoms with E-state index in [0.717, 1.165) is 17.6 Å². The maximum Gasteiger partial charge on any atom is 0.251 e. The predicted molar refractivity (Wildman–Crippen MR) is 65.8 cm³/mol. The van der Waals surface area contributed by atoms with Gasteiger partial charge in [0.1, 0.15) is 0 Å². The first-order chi connectivity index (χ1) is 8.33. The number of nitrogens with zero attached hydrogens (tertiary/aromatic N) is 1. The first-order valence-corrected chi connectivity index (χ1v) is 6.04. The van der Waals surface area contributed by atoms with Gasteiger partial charge in [-0.05, 0) is 37.0 Å². The highest BCUT2D eigenvalue weighted by atomic mass is 16.1. The standard InChI is InChI=1S/C13H15N3O/c17-13(14-7-9-2-1-3-9)10-4-5-11-12(6-10)16-8-15-11/h4-6,8-9H,1-3,7H2,(H,14,17)(H,15,16). The van der Waals surface area contributed by atoms with Crippen molar-refractivity contribution in [3.05, 3.63) is 30.1 Å². The Balaban J connectivity index is 1.70. The summed E-state index contributed by atoms with van der Waals surface area (Å²) in [7, 11) is 0. The number of aromatic nitrogens is 2. The Morgan fingerprint density at radius 3 is 3.12 bits per heavy atom. The monoisotopic (exact) mass is 229 g/mol. The van der Waals surface area contributed by atoms with Crippen LogP contribution in [0, 0.1) is 5.92 Å². The van der Waals surface area contributed by atoms with Crippen molar-refractivity contribution in [3.8, 4) is 0 Å². The summed E-state index contributed by atoms with van der Waals surface area (Å²) in [5, 5.41) is 2.98. The van der Waals surface area contributed by atoms with Crippen molar-refractivity contribution >= 4 is 16.9 Å². The number of benzene rings is 1. The third-order valence-corrected chi connectivity index (χ3v) is 3.46. The summed E-state index contributed by atoms with van der Waals surface area (Å²) in [6, 6.07) is 5.53. The number of hydrogen-bond donors (Lipinski definition) is 2.